The third-order valence-corrected chi connectivity index (χ3v) is 5.62. The van der Waals surface area contributed by atoms with Crippen LogP contribution in [0.3, 0.4) is 0 Å². The Balaban J connectivity index is 1.59. The molecular weight excluding hydrogens is 310 g/mol. The van der Waals surface area contributed by atoms with E-state index in [4.69, 9.17) is 5.73 Å². The van der Waals surface area contributed by atoms with Gasteiger partial charge in [-0.25, -0.2) is 4.98 Å². The third-order valence-electron chi connectivity index (χ3n) is 5.62. The summed E-state index contributed by atoms with van der Waals surface area (Å²) in [6, 6.07) is 11.7. The molecule has 1 aliphatic carbocycles. The Hall–Kier alpha value is -2.36. The van der Waals surface area contributed by atoms with Crippen LogP contribution in [0, 0.1) is 18.8 Å². The molecule has 2 unspecified atom stereocenters. The average Bonchev–Trinajstić information content (AvgIpc) is 2.61. The van der Waals surface area contributed by atoms with E-state index < -0.39 is 0 Å². The molecule has 2 aliphatic rings. The number of pyridine rings is 1. The number of benzene rings is 1. The Kier molecular flexibility index (Phi) is 4.20. The number of anilines is 1. The summed E-state index contributed by atoms with van der Waals surface area (Å²) in [4.78, 5) is 19.4. The number of hydrogen-bond donors (Lipinski definition) is 1. The molecule has 4 rings (SSSR count). The topological polar surface area (TPSA) is 59.2 Å². The fraction of sp³-hybridized carbons (Fsp3) is 0.429. The second-order valence-electron chi connectivity index (χ2n) is 7.58. The molecule has 2 N–H and O–H groups in total. The van der Waals surface area contributed by atoms with Gasteiger partial charge in [0.15, 0.2) is 0 Å². The quantitative estimate of drug-likeness (QED) is 0.905. The largest absolute Gasteiger partial charge is 0.383 e. The molecule has 130 valence electrons. The van der Waals surface area contributed by atoms with Gasteiger partial charge in [0.2, 0.25) is 0 Å². The molecule has 0 radical (unpaired) electrons. The molecule has 25 heavy (non-hydrogen) atoms. The van der Waals surface area contributed by atoms with E-state index in [1.54, 1.807) is 0 Å². The van der Waals surface area contributed by atoms with Crippen molar-refractivity contribution < 1.29 is 4.79 Å². The van der Waals surface area contributed by atoms with Crippen molar-refractivity contribution in [3.8, 4) is 11.1 Å². The van der Waals surface area contributed by atoms with Gasteiger partial charge in [-0.15, -0.1) is 0 Å². The zero-order chi connectivity index (χ0) is 17.4. The predicted octanol–water partition coefficient (Wildman–Crippen LogP) is 3.90. The van der Waals surface area contributed by atoms with E-state index in [1.165, 1.54) is 25.7 Å². The number of nitrogen functional groups attached to an aromatic ring is 1. The van der Waals surface area contributed by atoms with Crippen molar-refractivity contribution in [2.24, 2.45) is 11.8 Å². The normalized spacial score (nSPS) is 22.7. The Labute approximate surface area is 149 Å². The maximum Gasteiger partial charge on any atom is 0.253 e. The molecule has 2 bridgehead atoms. The first kappa shape index (κ1) is 16.1. The SMILES string of the molecule is Cc1ccc(-c2cccc(C(=O)N3CC4CCCC(C4)C3)c2)c(N)n1. The second-order valence-corrected chi connectivity index (χ2v) is 7.58. The van der Waals surface area contributed by atoms with Crippen LogP contribution in [0.1, 0.15) is 41.7 Å². The highest BCUT2D eigenvalue weighted by molar-refractivity contribution is 5.96. The van der Waals surface area contributed by atoms with Crippen molar-refractivity contribution in [1.29, 1.82) is 0 Å². The molecule has 1 saturated heterocycles. The minimum absolute atomic E-state index is 0.150. The molecular formula is C21H25N3O. The molecule has 2 aromatic rings. The Morgan fingerprint density at radius 3 is 2.64 bits per heavy atom. The molecule has 1 aliphatic heterocycles. The minimum atomic E-state index is 0.150. The lowest BCUT2D eigenvalue weighted by Crippen LogP contribution is -2.45. The van der Waals surface area contributed by atoms with Crippen molar-refractivity contribution in [1.82, 2.24) is 9.88 Å². The smallest absolute Gasteiger partial charge is 0.253 e. The van der Waals surface area contributed by atoms with E-state index in [9.17, 15) is 4.79 Å². The Bertz CT molecular complexity index is 789. The summed E-state index contributed by atoms with van der Waals surface area (Å²) in [7, 11) is 0. The van der Waals surface area contributed by atoms with E-state index in [-0.39, 0.29) is 5.91 Å². The number of aromatic nitrogens is 1. The van der Waals surface area contributed by atoms with Crippen LogP contribution >= 0.6 is 0 Å². The van der Waals surface area contributed by atoms with Gasteiger partial charge in [-0.3, -0.25) is 4.79 Å². The van der Waals surface area contributed by atoms with Gasteiger partial charge in [0.05, 0.1) is 0 Å². The summed E-state index contributed by atoms with van der Waals surface area (Å²) >= 11 is 0. The molecule has 4 nitrogen and oxygen atoms in total. The summed E-state index contributed by atoms with van der Waals surface area (Å²) in [5.41, 5.74) is 9.56. The maximum atomic E-state index is 13.0. The molecule has 1 aromatic heterocycles. The first-order valence-corrected chi connectivity index (χ1v) is 9.23. The van der Waals surface area contributed by atoms with Crippen LogP contribution in [0.4, 0.5) is 5.82 Å². The average molecular weight is 335 g/mol. The summed E-state index contributed by atoms with van der Waals surface area (Å²) in [5.74, 6) is 2.04. The van der Waals surface area contributed by atoms with Gasteiger partial charge in [0.25, 0.3) is 5.91 Å². The van der Waals surface area contributed by atoms with Crippen molar-refractivity contribution in [3.63, 3.8) is 0 Å². The van der Waals surface area contributed by atoms with Crippen molar-refractivity contribution in [2.75, 3.05) is 18.8 Å². The van der Waals surface area contributed by atoms with Crippen LogP contribution < -0.4 is 5.73 Å². The van der Waals surface area contributed by atoms with E-state index in [0.29, 0.717) is 17.7 Å². The number of carbonyl (C=O) groups is 1. The monoisotopic (exact) mass is 335 g/mol. The van der Waals surface area contributed by atoms with E-state index in [1.807, 2.05) is 43.3 Å². The van der Waals surface area contributed by atoms with Crippen molar-refractivity contribution in [2.45, 2.75) is 32.6 Å². The molecule has 4 heteroatoms. The van der Waals surface area contributed by atoms with Gasteiger partial charge in [0, 0.05) is 29.9 Å². The number of aryl methyl sites for hydroxylation is 1. The maximum absolute atomic E-state index is 13.0. The van der Waals surface area contributed by atoms with Gasteiger partial charge in [0.1, 0.15) is 5.82 Å². The first-order valence-electron chi connectivity index (χ1n) is 9.23. The highest BCUT2D eigenvalue weighted by Gasteiger charge is 2.32. The summed E-state index contributed by atoms with van der Waals surface area (Å²) in [6.07, 6.45) is 5.17. The Morgan fingerprint density at radius 1 is 1.16 bits per heavy atom. The molecule has 0 spiro atoms. The number of fused-ring (bicyclic) bond motifs is 2. The molecule has 2 atom stereocenters. The number of rotatable bonds is 2. The van der Waals surface area contributed by atoms with Crippen molar-refractivity contribution >= 4 is 11.7 Å². The zero-order valence-corrected chi connectivity index (χ0v) is 14.7. The molecule has 1 aromatic carbocycles. The van der Waals surface area contributed by atoms with Gasteiger partial charge in [-0.2, -0.15) is 0 Å². The summed E-state index contributed by atoms with van der Waals surface area (Å²) in [5, 5.41) is 0. The number of nitrogens with zero attached hydrogens (tertiary/aromatic N) is 2. The highest BCUT2D eigenvalue weighted by Crippen LogP contribution is 2.35. The third kappa shape index (κ3) is 3.26. The van der Waals surface area contributed by atoms with Crippen LogP contribution in [0.5, 0.6) is 0 Å². The highest BCUT2D eigenvalue weighted by atomic mass is 16.2. The van der Waals surface area contributed by atoms with E-state index >= 15 is 0 Å². The van der Waals surface area contributed by atoms with Gasteiger partial charge in [-0.05, 0) is 67.9 Å². The number of carbonyl (C=O) groups excluding carboxylic acids is 1. The summed E-state index contributed by atoms with van der Waals surface area (Å²) < 4.78 is 0. The molecule has 2 heterocycles. The number of hydrogen-bond acceptors (Lipinski definition) is 3. The lowest BCUT2D eigenvalue weighted by Gasteiger charge is -2.41. The number of nitrogens with two attached hydrogens (primary N) is 1. The lowest BCUT2D eigenvalue weighted by molar-refractivity contribution is 0.0504. The van der Waals surface area contributed by atoms with Crippen molar-refractivity contribution in [3.05, 3.63) is 47.7 Å². The molecule has 2 fully saturated rings. The lowest BCUT2D eigenvalue weighted by atomic mass is 9.78. The fourth-order valence-electron chi connectivity index (χ4n) is 4.42. The van der Waals surface area contributed by atoms with Crippen LogP contribution in [0.15, 0.2) is 36.4 Å². The standard InChI is InChI=1S/C21H25N3O/c1-14-8-9-19(20(22)23-14)17-6-3-7-18(11-17)21(25)24-12-15-4-2-5-16(10-15)13-24/h3,6-9,11,15-16H,2,4-5,10,12-13H2,1H3,(H2,22,23). The zero-order valence-electron chi connectivity index (χ0n) is 14.7. The van der Waals surface area contributed by atoms with E-state index in [0.717, 1.165) is 35.5 Å². The first-order chi connectivity index (χ1) is 12.1. The van der Waals surface area contributed by atoms with E-state index in [2.05, 4.69) is 9.88 Å². The minimum Gasteiger partial charge on any atom is -0.383 e. The van der Waals surface area contributed by atoms with Gasteiger partial charge < -0.3 is 10.6 Å². The number of likely N-dealkylation sites (tertiary alicyclic amines) is 1. The van der Waals surface area contributed by atoms with Gasteiger partial charge >= 0.3 is 0 Å². The molecule has 1 amide bonds. The summed E-state index contributed by atoms with van der Waals surface area (Å²) in [6.45, 7) is 3.74. The Morgan fingerprint density at radius 2 is 1.92 bits per heavy atom. The molecule has 1 saturated carbocycles. The van der Waals surface area contributed by atoms with Crippen LogP contribution in [0.2, 0.25) is 0 Å². The number of amides is 1. The second kappa shape index (κ2) is 6.51. The van der Waals surface area contributed by atoms with Crippen LogP contribution in [-0.2, 0) is 0 Å². The van der Waals surface area contributed by atoms with Crippen LogP contribution in [0.25, 0.3) is 11.1 Å². The van der Waals surface area contributed by atoms with Gasteiger partial charge in [-0.1, -0.05) is 18.6 Å². The van der Waals surface area contributed by atoms with Crippen LogP contribution in [-0.4, -0.2) is 28.9 Å². The number of piperidine rings is 1. The predicted molar refractivity (Wildman–Crippen MR) is 100 cm³/mol. The fourth-order valence-corrected chi connectivity index (χ4v) is 4.42.